The zero-order valence-electron chi connectivity index (χ0n) is 14.2. The fourth-order valence-electron chi connectivity index (χ4n) is 3.33. The van der Waals surface area contributed by atoms with E-state index in [1.54, 1.807) is 0 Å². The largest absolute Gasteiger partial charge is 0.373 e. The van der Waals surface area contributed by atoms with Gasteiger partial charge in [0.05, 0.1) is 12.7 Å². The van der Waals surface area contributed by atoms with E-state index < -0.39 is 0 Å². The van der Waals surface area contributed by atoms with E-state index in [0.717, 1.165) is 32.2 Å². The number of fused-ring (bicyclic) bond motifs is 1. The van der Waals surface area contributed by atoms with E-state index >= 15 is 0 Å². The summed E-state index contributed by atoms with van der Waals surface area (Å²) in [6.45, 7) is 6.82. The van der Waals surface area contributed by atoms with Crippen molar-refractivity contribution < 1.29 is 4.74 Å². The van der Waals surface area contributed by atoms with Gasteiger partial charge >= 0.3 is 0 Å². The molecule has 0 amide bonds. The van der Waals surface area contributed by atoms with Gasteiger partial charge in [0.2, 0.25) is 0 Å². The zero-order valence-corrected chi connectivity index (χ0v) is 14.2. The average Bonchev–Trinajstić information content (AvgIpc) is 3.04. The Morgan fingerprint density at radius 3 is 2.91 bits per heavy atom. The van der Waals surface area contributed by atoms with Gasteiger partial charge in [-0.1, -0.05) is 29.8 Å². The van der Waals surface area contributed by atoms with Crippen LogP contribution in [0.1, 0.15) is 24.0 Å². The third-order valence-electron chi connectivity index (χ3n) is 4.76. The third kappa shape index (κ3) is 4.45. The molecule has 2 heterocycles. The Bertz CT molecular complexity index is 528. The van der Waals surface area contributed by atoms with Gasteiger partial charge in [0, 0.05) is 32.7 Å². The quantitative estimate of drug-likeness (QED) is 0.653. The van der Waals surface area contributed by atoms with Crippen LogP contribution >= 0.6 is 0 Å². The van der Waals surface area contributed by atoms with Gasteiger partial charge < -0.3 is 15.4 Å². The van der Waals surface area contributed by atoms with Crippen LogP contribution in [0.25, 0.3) is 0 Å². The molecule has 3 rings (SSSR count). The van der Waals surface area contributed by atoms with Crippen LogP contribution in [0.5, 0.6) is 0 Å². The molecule has 0 spiro atoms. The van der Waals surface area contributed by atoms with Crippen LogP contribution in [0.3, 0.4) is 0 Å². The Kier molecular flexibility index (Phi) is 5.51. The minimum absolute atomic E-state index is 0.252. The number of hydrogen-bond donors (Lipinski definition) is 2. The first-order valence-electron chi connectivity index (χ1n) is 8.60. The fourth-order valence-corrected chi connectivity index (χ4v) is 3.33. The number of ether oxygens (including phenoxy) is 1. The van der Waals surface area contributed by atoms with E-state index in [2.05, 4.69) is 51.7 Å². The highest BCUT2D eigenvalue weighted by molar-refractivity contribution is 5.79. The maximum absolute atomic E-state index is 5.98. The number of nitrogens with one attached hydrogen (secondary N) is 2. The van der Waals surface area contributed by atoms with Gasteiger partial charge in [-0.05, 0) is 31.9 Å². The Labute approximate surface area is 139 Å². The van der Waals surface area contributed by atoms with Crippen molar-refractivity contribution in [1.29, 1.82) is 0 Å². The summed E-state index contributed by atoms with van der Waals surface area (Å²) in [5, 5.41) is 6.75. The maximum atomic E-state index is 5.98. The number of aryl methyl sites for hydroxylation is 1. The molecule has 1 aromatic rings. The lowest BCUT2D eigenvalue weighted by atomic mass is 10.1. The second-order valence-electron chi connectivity index (χ2n) is 6.54. The van der Waals surface area contributed by atoms with Crippen LogP contribution in [0, 0.1) is 6.92 Å². The Balaban J connectivity index is 1.42. The number of rotatable bonds is 4. The molecule has 0 aliphatic carbocycles. The van der Waals surface area contributed by atoms with Crippen molar-refractivity contribution in [2.45, 2.75) is 38.5 Å². The molecule has 126 valence electrons. The van der Waals surface area contributed by atoms with Crippen molar-refractivity contribution in [3.63, 3.8) is 0 Å². The van der Waals surface area contributed by atoms with E-state index in [0.29, 0.717) is 6.04 Å². The molecule has 2 unspecified atom stereocenters. The molecule has 2 aliphatic heterocycles. The zero-order chi connectivity index (χ0) is 16.1. The summed E-state index contributed by atoms with van der Waals surface area (Å²) in [4.78, 5) is 6.86. The van der Waals surface area contributed by atoms with Gasteiger partial charge in [0.15, 0.2) is 5.96 Å². The summed E-state index contributed by atoms with van der Waals surface area (Å²) in [7, 11) is 1.81. The van der Waals surface area contributed by atoms with Gasteiger partial charge in [-0.2, -0.15) is 0 Å². The SMILES string of the molecule is CN=C(NCc1ccc(C)cc1)NCC1CN2CCCC2CO1. The highest BCUT2D eigenvalue weighted by Gasteiger charge is 2.32. The molecule has 0 aromatic heterocycles. The molecular formula is C18H28N4O. The minimum atomic E-state index is 0.252. The van der Waals surface area contributed by atoms with E-state index in [4.69, 9.17) is 4.74 Å². The van der Waals surface area contributed by atoms with Gasteiger partial charge in [-0.3, -0.25) is 9.89 Å². The van der Waals surface area contributed by atoms with Gasteiger partial charge in [0.1, 0.15) is 0 Å². The average molecular weight is 316 g/mol. The van der Waals surface area contributed by atoms with E-state index in [1.165, 1.54) is 30.5 Å². The van der Waals surface area contributed by atoms with E-state index in [-0.39, 0.29) is 6.10 Å². The first-order valence-corrected chi connectivity index (χ1v) is 8.60. The minimum Gasteiger partial charge on any atom is -0.373 e. The smallest absolute Gasteiger partial charge is 0.191 e. The molecular weight excluding hydrogens is 288 g/mol. The monoisotopic (exact) mass is 316 g/mol. The normalized spacial score (nSPS) is 25.2. The van der Waals surface area contributed by atoms with Crippen LogP contribution < -0.4 is 10.6 Å². The van der Waals surface area contributed by atoms with E-state index in [1.807, 2.05) is 7.05 Å². The summed E-state index contributed by atoms with van der Waals surface area (Å²) in [5.41, 5.74) is 2.54. The highest BCUT2D eigenvalue weighted by atomic mass is 16.5. The maximum Gasteiger partial charge on any atom is 0.191 e. The Hall–Kier alpha value is -1.59. The fraction of sp³-hybridized carbons (Fsp3) is 0.611. The van der Waals surface area contributed by atoms with Gasteiger partial charge in [-0.25, -0.2) is 0 Å². The lowest BCUT2D eigenvalue weighted by Gasteiger charge is -2.35. The second kappa shape index (κ2) is 7.79. The number of hydrogen-bond acceptors (Lipinski definition) is 3. The van der Waals surface area contributed by atoms with Crippen LogP contribution in [0.15, 0.2) is 29.3 Å². The Morgan fingerprint density at radius 1 is 1.30 bits per heavy atom. The highest BCUT2D eigenvalue weighted by Crippen LogP contribution is 2.22. The molecule has 2 saturated heterocycles. The van der Waals surface area contributed by atoms with Crippen LogP contribution in [-0.4, -0.2) is 56.3 Å². The second-order valence-corrected chi connectivity index (χ2v) is 6.54. The molecule has 23 heavy (non-hydrogen) atoms. The van der Waals surface area contributed by atoms with E-state index in [9.17, 15) is 0 Å². The molecule has 2 N–H and O–H groups in total. The molecule has 0 saturated carbocycles. The summed E-state index contributed by atoms with van der Waals surface area (Å²) in [6, 6.07) is 9.22. The summed E-state index contributed by atoms with van der Waals surface area (Å²) < 4.78 is 5.98. The first-order chi connectivity index (χ1) is 11.2. The summed E-state index contributed by atoms with van der Waals surface area (Å²) in [6.07, 6.45) is 2.86. The van der Waals surface area contributed by atoms with Crippen LogP contribution in [-0.2, 0) is 11.3 Å². The van der Waals surface area contributed by atoms with Crippen LogP contribution in [0.4, 0.5) is 0 Å². The van der Waals surface area contributed by atoms with Crippen molar-refractivity contribution in [2.75, 3.05) is 33.3 Å². The number of benzene rings is 1. The Morgan fingerprint density at radius 2 is 2.13 bits per heavy atom. The molecule has 5 heteroatoms. The number of morpholine rings is 1. The summed E-state index contributed by atoms with van der Waals surface area (Å²) in [5.74, 6) is 0.831. The molecule has 0 radical (unpaired) electrons. The predicted molar refractivity (Wildman–Crippen MR) is 93.7 cm³/mol. The predicted octanol–water partition coefficient (Wildman–Crippen LogP) is 1.52. The topological polar surface area (TPSA) is 48.9 Å². The lowest BCUT2D eigenvalue weighted by Crippen LogP contribution is -2.51. The van der Waals surface area contributed by atoms with Crippen molar-refractivity contribution in [3.05, 3.63) is 35.4 Å². The summed E-state index contributed by atoms with van der Waals surface area (Å²) >= 11 is 0. The molecule has 5 nitrogen and oxygen atoms in total. The number of nitrogens with zero attached hydrogens (tertiary/aromatic N) is 2. The molecule has 2 fully saturated rings. The van der Waals surface area contributed by atoms with Crippen molar-refractivity contribution >= 4 is 5.96 Å². The van der Waals surface area contributed by atoms with Crippen molar-refractivity contribution in [1.82, 2.24) is 15.5 Å². The van der Waals surface area contributed by atoms with Gasteiger partial charge in [-0.15, -0.1) is 0 Å². The van der Waals surface area contributed by atoms with Crippen LogP contribution in [0.2, 0.25) is 0 Å². The third-order valence-corrected chi connectivity index (χ3v) is 4.76. The standard InChI is InChI=1S/C18H28N4O/c1-14-5-7-15(8-6-14)10-20-18(19-2)21-11-17-12-22-9-3-4-16(22)13-23-17/h5-8,16-17H,3-4,9-13H2,1-2H3,(H2,19,20,21). The molecule has 2 aliphatic rings. The first kappa shape index (κ1) is 16.3. The molecule has 1 aromatic carbocycles. The number of aliphatic imine (C=N–C) groups is 1. The van der Waals surface area contributed by atoms with Crippen molar-refractivity contribution in [2.24, 2.45) is 4.99 Å². The van der Waals surface area contributed by atoms with Crippen molar-refractivity contribution in [3.8, 4) is 0 Å². The van der Waals surface area contributed by atoms with Gasteiger partial charge in [0.25, 0.3) is 0 Å². The molecule has 2 atom stereocenters. The number of guanidine groups is 1. The molecule has 0 bridgehead atoms. The lowest BCUT2D eigenvalue weighted by molar-refractivity contribution is -0.0453.